The van der Waals surface area contributed by atoms with E-state index in [-0.39, 0.29) is 0 Å². The lowest BCUT2D eigenvalue weighted by Gasteiger charge is -2.17. The summed E-state index contributed by atoms with van der Waals surface area (Å²) in [5, 5.41) is 3.52. The molecule has 100 valence electrons. The van der Waals surface area contributed by atoms with Crippen molar-refractivity contribution < 1.29 is 4.42 Å². The molecule has 0 atom stereocenters. The van der Waals surface area contributed by atoms with Crippen LogP contribution in [0.25, 0.3) is 0 Å². The first kappa shape index (κ1) is 12.2. The van der Waals surface area contributed by atoms with Crippen LogP contribution in [0.15, 0.2) is 41.1 Å². The van der Waals surface area contributed by atoms with Crippen LogP contribution in [-0.4, -0.2) is 18.1 Å². The number of nitrogens with zero attached hydrogens (tertiary/aromatic N) is 2. The zero-order chi connectivity index (χ0) is 13.1. The summed E-state index contributed by atoms with van der Waals surface area (Å²) >= 11 is 0. The van der Waals surface area contributed by atoms with Gasteiger partial charge in [0.2, 0.25) is 0 Å². The van der Waals surface area contributed by atoms with Crippen LogP contribution in [0.4, 0.5) is 5.82 Å². The van der Waals surface area contributed by atoms with Gasteiger partial charge in [0.1, 0.15) is 11.6 Å². The van der Waals surface area contributed by atoms with E-state index in [2.05, 4.69) is 27.3 Å². The fourth-order valence-electron chi connectivity index (χ4n) is 2.05. The fraction of sp³-hybridized carbons (Fsp3) is 0.400. The Bertz CT molecular complexity index is 520. The molecule has 1 fully saturated rings. The molecule has 0 radical (unpaired) electrons. The van der Waals surface area contributed by atoms with Crippen molar-refractivity contribution in [2.75, 3.05) is 11.9 Å². The summed E-state index contributed by atoms with van der Waals surface area (Å²) in [5.41, 5.74) is 1.28. The van der Waals surface area contributed by atoms with Gasteiger partial charge in [0, 0.05) is 25.8 Å². The number of rotatable bonds is 6. The Hall–Kier alpha value is -1.81. The highest BCUT2D eigenvalue weighted by atomic mass is 16.3. The Morgan fingerprint density at radius 2 is 2.32 bits per heavy atom. The average Bonchev–Trinajstić information content (AvgIpc) is 3.13. The van der Waals surface area contributed by atoms with Crippen LogP contribution in [0.3, 0.4) is 0 Å². The van der Waals surface area contributed by atoms with E-state index < -0.39 is 0 Å². The Kier molecular flexibility index (Phi) is 3.51. The third-order valence-electron chi connectivity index (χ3n) is 3.35. The molecule has 0 amide bonds. The summed E-state index contributed by atoms with van der Waals surface area (Å²) in [6, 6.07) is 8.83. The van der Waals surface area contributed by atoms with Crippen LogP contribution >= 0.6 is 0 Å². The Balaban J connectivity index is 1.63. The van der Waals surface area contributed by atoms with Gasteiger partial charge >= 0.3 is 0 Å². The zero-order valence-electron chi connectivity index (χ0n) is 11.2. The molecular weight excluding hydrogens is 238 g/mol. The van der Waals surface area contributed by atoms with Gasteiger partial charge in [-0.1, -0.05) is 0 Å². The molecule has 3 rings (SSSR count). The number of furan rings is 1. The van der Waals surface area contributed by atoms with Crippen LogP contribution in [0, 0.1) is 0 Å². The number of anilines is 1. The summed E-state index contributed by atoms with van der Waals surface area (Å²) in [5.74, 6) is 1.93. The second-order valence-corrected chi connectivity index (χ2v) is 5.11. The largest absolute Gasteiger partial charge is 0.467 e. The van der Waals surface area contributed by atoms with E-state index in [9.17, 15) is 0 Å². The Morgan fingerprint density at radius 3 is 3.05 bits per heavy atom. The molecule has 4 heteroatoms. The highest BCUT2D eigenvalue weighted by Crippen LogP contribution is 2.20. The SMILES string of the molecule is CN(Cc1ccco1)c1cc(CNC2CC2)ccn1. The molecule has 2 aromatic rings. The summed E-state index contributed by atoms with van der Waals surface area (Å²) in [6.45, 7) is 1.66. The first-order chi connectivity index (χ1) is 9.31. The number of hydrogen-bond donors (Lipinski definition) is 1. The molecule has 19 heavy (non-hydrogen) atoms. The second kappa shape index (κ2) is 5.45. The van der Waals surface area contributed by atoms with Gasteiger partial charge in [-0.05, 0) is 42.7 Å². The van der Waals surface area contributed by atoms with Crippen LogP contribution in [-0.2, 0) is 13.1 Å². The lowest BCUT2D eigenvalue weighted by atomic mass is 10.2. The maximum Gasteiger partial charge on any atom is 0.128 e. The summed E-state index contributed by atoms with van der Waals surface area (Å²) in [7, 11) is 2.03. The van der Waals surface area contributed by atoms with E-state index in [0.29, 0.717) is 0 Å². The summed E-state index contributed by atoms with van der Waals surface area (Å²) in [4.78, 5) is 6.52. The van der Waals surface area contributed by atoms with Crippen molar-refractivity contribution in [2.24, 2.45) is 0 Å². The molecule has 1 aliphatic carbocycles. The molecule has 4 nitrogen and oxygen atoms in total. The molecule has 0 aromatic carbocycles. The monoisotopic (exact) mass is 257 g/mol. The van der Waals surface area contributed by atoms with E-state index in [1.807, 2.05) is 25.4 Å². The topological polar surface area (TPSA) is 41.3 Å². The van der Waals surface area contributed by atoms with Gasteiger partial charge in [-0.25, -0.2) is 4.98 Å². The van der Waals surface area contributed by atoms with Crippen molar-refractivity contribution in [2.45, 2.75) is 32.0 Å². The number of hydrogen-bond acceptors (Lipinski definition) is 4. The first-order valence-corrected chi connectivity index (χ1v) is 6.73. The van der Waals surface area contributed by atoms with E-state index in [1.165, 1.54) is 18.4 Å². The molecule has 0 aliphatic heterocycles. The zero-order valence-corrected chi connectivity index (χ0v) is 11.2. The first-order valence-electron chi connectivity index (χ1n) is 6.73. The molecule has 0 spiro atoms. The van der Waals surface area contributed by atoms with Crippen LogP contribution in [0.1, 0.15) is 24.2 Å². The Labute approximate surface area is 113 Å². The van der Waals surface area contributed by atoms with Crippen molar-refractivity contribution in [3.05, 3.63) is 48.0 Å². The number of aromatic nitrogens is 1. The molecular formula is C15H19N3O. The van der Waals surface area contributed by atoms with E-state index in [4.69, 9.17) is 4.42 Å². The molecule has 1 saturated carbocycles. The van der Waals surface area contributed by atoms with Gasteiger partial charge in [-0.3, -0.25) is 0 Å². The molecule has 2 aromatic heterocycles. The van der Waals surface area contributed by atoms with Crippen molar-refractivity contribution in [1.29, 1.82) is 0 Å². The van der Waals surface area contributed by atoms with Gasteiger partial charge in [-0.2, -0.15) is 0 Å². The highest BCUT2D eigenvalue weighted by Gasteiger charge is 2.20. The van der Waals surface area contributed by atoms with Crippen molar-refractivity contribution >= 4 is 5.82 Å². The minimum absolute atomic E-state index is 0.734. The van der Waals surface area contributed by atoms with E-state index in [1.54, 1.807) is 6.26 Å². The van der Waals surface area contributed by atoms with Gasteiger partial charge < -0.3 is 14.6 Å². The lowest BCUT2D eigenvalue weighted by molar-refractivity contribution is 0.507. The third-order valence-corrected chi connectivity index (χ3v) is 3.35. The summed E-state index contributed by atoms with van der Waals surface area (Å²) < 4.78 is 5.36. The van der Waals surface area contributed by atoms with Crippen LogP contribution < -0.4 is 10.2 Å². The maximum absolute atomic E-state index is 5.36. The standard InChI is InChI=1S/C15H19N3O/c1-18(11-14-3-2-8-19-14)15-9-12(6-7-16-15)10-17-13-4-5-13/h2-3,6-9,13,17H,4-5,10-11H2,1H3. The van der Waals surface area contributed by atoms with Gasteiger partial charge in [0.25, 0.3) is 0 Å². The summed E-state index contributed by atoms with van der Waals surface area (Å²) in [6.07, 6.45) is 6.21. The molecule has 0 bridgehead atoms. The highest BCUT2D eigenvalue weighted by molar-refractivity contribution is 5.40. The minimum atomic E-state index is 0.734. The maximum atomic E-state index is 5.36. The third kappa shape index (κ3) is 3.35. The molecule has 0 unspecified atom stereocenters. The smallest absolute Gasteiger partial charge is 0.128 e. The van der Waals surface area contributed by atoms with Gasteiger partial charge in [0.05, 0.1) is 12.8 Å². The fourth-order valence-corrected chi connectivity index (χ4v) is 2.05. The Morgan fingerprint density at radius 1 is 1.42 bits per heavy atom. The van der Waals surface area contributed by atoms with Gasteiger partial charge in [-0.15, -0.1) is 0 Å². The number of nitrogens with one attached hydrogen (secondary N) is 1. The quantitative estimate of drug-likeness (QED) is 0.863. The van der Waals surface area contributed by atoms with Crippen molar-refractivity contribution in [1.82, 2.24) is 10.3 Å². The van der Waals surface area contributed by atoms with E-state index in [0.717, 1.165) is 30.7 Å². The minimum Gasteiger partial charge on any atom is -0.467 e. The second-order valence-electron chi connectivity index (χ2n) is 5.11. The normalized spacial score (nSPS) is 14.6. The van der Waals surface area contributed by atoms with Crippen molar-refractivity contribution in [3.63, 3.8) is 0 Å². The molecule has 0 saturated heterocycles. The predicted molar refractivity (Wildman–Crippen MR) is 74.9 cm³/mol. The molecule has 1 N–H and O–H groups in total. The predicted octanol–water partition coefficient (Wildman–Crippen LogP) is 2.56. The van der Waals surface area contributed by atoms with Crippen molar-refractivity contribution in [3.8, 4) is 0 Å². The number of pyridine rings is 1. The van der Waals surface area contributed by atoms with Crippen LogP contribution in [0.5, 0.6) is 0 Å². The van der Waals surface area contributed by atoms with Crippen LogP contribution in [0.2, 0.25) is 0 Å². The van der Waals surface area contributed by atoms with Gasteiger partial charge in [0.15, 0.2) is 0 Å². The molecule has 1 aliphatic rings. The van der Waals surface area contributed by atoms with E-state index >= 15 is 0 Å². The molecule has 2 heterocycles. The average molecular weight is 257 g/mol. The lowest BCUT2D eigenvalue weighted by Crippen LogP contribution is -2.19.